The highest BCUT2D eigenvalue weighted by Gasteiger charge is 2.44. The maximum atomic E-state index is 10.9. The standard InChI is InChI=1S/C13H20N2OS/c1-9(2)15-8-10(7-14-15)13(16)5-11-3-4-12(6-13)17-11/h7-9,11-12,16H,3-6H2,1-2H3. The summed E-state index contributed by atoms with van der Waals surface area (Å²) in [5.74, 6) is 0. The van der Waals surface area contributed by atoms with E-state index >= 15 is 0 Å². The molecule has 2 atom stereocenters. The van der Waals surface area contributed by atoms with Crippen molar-refractivity contribution >= 4 is 11.8 Å². The number of hydrogen-bond donors (Lipinski definition) is 1. The smallest absolute Gasteiger partial charge is 0.0947 e. The number of thioether (sulfide) groups is 1. The molecule has 17 heavy (non-hydrogen) atoms. The largest absolute Gasteiger partial charge is 0.385 e. The summed E-state index contributed by atoms with van der Waals surface area (Å²) >= 11 is 2.08. The molecule has 0 aliphatic carbocycles. The molecule has 94 valence electrons. The lowest BCUT2D eigenvalue weighted by molar-refractivity contribution is 0.0195. The molecule has 2 fully saturated rings. The summed E-state index contributed by atoms with van der Waals surface area (Å²) in [4.78, 5) is 0. The van der Waals surface area contributed by atoms with Gasteiger partial charge < -0.3 is 5.11 Å². The van der Waals surface area contributed by atoms with Gasteiger partial charge in [0.2, 0.25) is 0 Å². The minimum absolute atomic E-state index is 0.363. The van der Waals surface area contributed by atoms with Gasteiger partial charge in [-0.05, 0) is 39.5 Å². The second kappa shape index (κ2) is 4.02. The molecule has 2 bridgehead atoms. The molecule has 0 amide bonds. The molecule has 2 saturated heterocycles. The number of rotatable bonds is 2. The van der Waals surface area contributed by atoms with Gasteiger partial charge in [0.05, 0.1) is 11.8 Å². The average Bonchev–Trinajstić information content (AvgIpc) is 2.85. The first-order chi connectivity index (χ1) is 8.07. The molecule has 2 aliphatic heterocycles. The van der Waals surface area contributed by atoms with Gasteiger partial charge in [-0.15, -0.1) is 0 Å². The van der Waals surface area contributed by atoms with Crippen molar-refractivity contribution in [2.24, 2.45) is 0 Å². The first-order valence-electron chi connectivity index (χ1n) is 6.49. The van der Waals surface area contributed by atoms with E-state index in [1.807, 2.05) is 17.1 Å². The average molecular weight is 252 g/mol. The predicted molar refractivity (Wildman–Crippen MR) is 70.1 cm³/mol. The highest BCUT2D eigenvalue weighted by Crippen LogP contribution is 2.51. The van der Waals surface area contributed by atoms with Crippen LogP contribution >= 0.6 is 11.8 Å². The molecule has 1 aromatic heterocycles. The maximum absolute atomic E-state index is 10.9. The van der Waals surface area contributed by atoms with Crippen LogP contribution in [0.15, 0.2) is 12.4 Å². The minimum Gasteiger partial charge on any atom is -0.385 e. The zero-order valence-electron chi connectivity index (χ0n) is 10.5. The Hall–Kier alpha value is -0.480. The predicted octanol–water partition coefficient (Wildman–Crippen LogP) is 2.71. The minimum atomic E-state index is -0.621. The van der Waals surface area contributed by atoms with Crippen molar-refractivity contribution in [3.8, 4) is 0 Å². The number of nitrogens with zero attached hydrogens (tertiary/aromatic N) is 2. The summed E-state index contributed by atoms with van der Waals surface area (Å²) in [7, 11) is 0. The van der Waals surface area contributed by atoms with E-state index in [2.05, 4.69) is 30.7 Å². The molecule has 3 nitrogen and oxygen atoms in total. The van der Waals surface area contributed by atoms with Gasteiger partial charge in [0.25, 0.3) is 0 Å². The fraction of sp³-hybridized carbons (Fsp3) is 0.769. The van der Waals surface area contributed by atoms with E-state index in [0.29, 0.717) is 16.5 Å². The fourth-order valence-electron chi connectivity index (χ4n) is 3.01. The van der Waals surface area contributed by atoms with Crippen LogP contribution in [-0.4, -0.2) is 25.4 Å². The van der Waals surface area contributed by atoms with Crippen LogP contribution in [0, 0.1) is 0 Å². The van der Waals surface area contributed by atoms with E-state index < -0.39 is 5.60 Å². The van der Waals surface area contributed by atoms with E-state index in [0.717, 1.165) is 18.4 Å². The summed E-state index contributed by atoms with van der Waals surface area (Å²) in [5, 5.41) is 16.5. The number of aliphatic hydroxyl groups is 1. The molecule has 0 spiro atoms. The van der Waals surface area contributed by atoms with Gasteiger partial charge in [0.1, 0.15) is 0 Å². The normalized spacial score (nSPS) is 36.7. The topological polar surface area (TPSA) is 38.0 Å². The van der Waals surface area contributed by atoms with Crippen molar-refractivity contribution < 1.29 is 5.11 Å². The molecule has 3 rings (SSSR count). The summed E-state index contributed by atoms with van der Waals surface area (Å²) < 4.78 is 1.94. The second-order valence-electron chi connectivity index (χ2n) is 5.70. The first-order valence-corrected chi connectivity index (χ1v) is 7.43. The van der Waals surface area contributed by atoms with Crippen molar-refractivity contribution in [1.29, 1.82) is 0 Å². The Morgan fingerprint density at radius 2 is 2.06 bits per heavy atom. The molecular weight excluding hydrogens is 232 g/mol. The Labute approximate surface area is 107 Å². The monoisotopic (exact) mass is 252 g/mol. The second-order valence-corrected chi connectivity index (χ2v) is 7.31. The Morgan fingerprint density at radius 1 is 1.41 bits per heavy atom. The van der Waals surface area contributed by atoms with Gasteiger partial charge in [-0.2, -0.15) is 16.9 Å². The fourth-order valence-corrected chi connectivity index (χ4v) is 4.85. The Kier molecular flexibility index (Phi) is 2.75. The summed E-state index contributed by atoms with van der Waals surface area (Å²) in [5.41, 5.74) is 0.396. The van der Waals surface area contributed by atoms with Gasteiger partial charge in [-0.25, -0.2) is 0 Å². The third-order valence-corrected chi connectivity index (χ3v) is 5.57. The van der Waals surface area contributed by atoms with E-state index in [-0.39, 0.29) is 0 Å². The van der Waals surface area contributed by atoms with E-state index in [1.54, 1.807) is 0 Å². The van der Waals surface area contributed by atoms with Crippen molar-refractivity contribution in [2.75, 3.05) is 0 Å². The van der Waals surface area contributed by atoms with Crippen LogP contribution in [0.2, 0.25) is 0 Å². The molecule has 4 heteroatoms. The molecule has 3 heterocycles. The van der Waals surface area contributed by atoms with Gasteiger partial charge in [-0.3, -0.25) is 4.68 Å². The number of hydrogen-bond acceptors (Lipinski definition) is 3. The summed E-state index contributed by atoms with van der Waals surface area (Å²) in [6.07, 6.45) is 8.23. The zero-order chi connectivity index (χ0) is 12.0. The Balaban J connectivity index is 1.86. The third kappa shape index (κ3) is 2.02. The molecule has 2 aliphatic rings. The van der Waals surface area contributed by atoms with Crippen LogP contribution in [0.1, 0.15) is 51.1 Å². The van der Waals surface area contributed by atoms with Crippen LogP contribution in [0.5, 0.6) is 0 Å². The van der Waals surface area contributed by atoms with Gasteiger partial charge >= 0.3 is 0 Å². The molecule has 0 aromatic carbocycles. The lowest BCUT2D eigenvalue weighted by Gasteiger charge is -2.35. The highest BCUT2D eigenvalue weighted by atomic mass is 32.2. The molecular formula is C13H20N2OS. The molecule has 0 radical (unpaired) electrons. The van der Waals surface area contributed by atoms with Crippen LogP contribution < -0.4 is 0 Å². The third-order valence-electron chi connectivity index (χ3n) is 3.99. The molecule has 0 saturated carbocycles. The quantitative estimate of drug-likeness (QED) is 0.879. The number of aromatic nitrogens is 2. The Morgan fingerprint density at radius 3 is 2.59 bits per heavy atom. The SMILES string of the molecule is CC(C)n1cc(C2(O)CC3CCC(C2)S3)cn1. The van der Waals surface area contributed by atoms with Crippen LogP contribution in [0.25, 0.3) is 0 Å². The van der Waals surface area contributed by atoms with Crippen molar-refractivity contribution in [1.82, 2.24) is 9.78 Å². The summed E-state index contributed by atoms with van der Waals surface area (Å²) in [6.45, 7) is 4.22. The van der Waals surface area contributed by atoms with Crippen LogP contribution in [0.4, 0.5) is 0 Å². The van der Waals surface area contributed by atoms with Gasteiger partial charge in [0, 0.05) is 28.3 Å². The number of fused-ring (bicyclic) bond motifs is 2. The lowest BCUT2D eigenvalue weighted by Crippen LogP contribution is -2.34. The lowest BCUT2D eigenvalue weighted by atomic mass is 9.88. The Bertz CT molecular complexity index is 403. The van der Waals surface area contributed by atoms with Crippen molar-refractivity contribution in [2.45, 2.75) is 61.7 Å². The van der Waals surface area contributed by atoms with E-state index in [9.17, 15) is 5.11 Å². The van der Waals surface area contributed by atoms with Gasteiger partial charge in [0.15, 0.2) is 0 Å². The molecule has 2 unspecified atom stereocenters. The highest BCUT2D eigenvalue weighted by molar-refractivity contribution is 8.00. The van der Waals surface area contributed by atoms with Crippen molar-refractivity contribution in [3.05, 3.63) is 18.0 Å². The van der Waals surface area contributed by atoms with E-state index in [1.165, 1.54) is 12.8 Å². The first kappa shape index (κ1) is 11.6. The molecule has 1 aromatic rings. The molecule has 1 N–H and O–H groups in total. The maximum Gasteiger partial charge on any atom is 0.0947 e. The summed E-state index contributed by atoms with van der Waals surface area (Å²) in [6, 6.07) is 0.363. The van der Waals surface area contributed by atoms with Crippen LogP contribution in [0.3, 0.4) is 0 Å². The zero-order valence-corrected chi connectivity index (χ0v) is 11.3. The van der Waals surface area contributed by atoms with Crippen molar-refractivity contribution in [3.63, 3.8) is 0 Å². The van der Waals surface area contributed by atoms with E-state index in [4.69, 9.17) is 0 Å². The van der Waals surface area contributed by atoms with Crippen LogP contribution in [-0.2, 0) is 5.60 Å². The van der Waals surface area contributed by atoms with Gasteiger partial charge in [-0.1, -0.05) is 0 Å².